The standard InChI is InChI=1S/C14H21FN2/c1-14(2)6-8-17(11-14)9-7-16-13-5-3-4-12(15)10-13/h3-5,10,16H,6-9,11H2,1-2H3. The second-order valence-electron chi connectivity index (χ2n) is 5.63. The highest BCUT2D eigenvalue weighted by Crippen LogP contribution is 2.28. The lowest BCUT2D eigenvalue weighted by Crippen LogP contribution is -2.28. The van der Waals surface area contributed by atoms with Gasteiger partial charge in [0.2, 0.25) is 0 Å². The minimum Gasteiger partial charge on any atom is -0.384 e. The molecule has 0 radical (unpaired) electrons. The van der Waals surface area contributed by atoms with Crippen LogP contribution in [-0.2, 0) is 0 Å². The lowest BCUT2D eigenvalue weighted by molar-refractivity contribution is 0.300. The first-order valence-corrected chi connectivity index (χ1v) is 6.27. The van der Waals surface area contributed by atoms with Gasteiger partial charge in [0.15, 0.2) is 0 Å². The van der Waals surface area contributed by atoms with Gasteiger partial charge < -0.3 is 10.2 Å². The first kappa shape index (κ1) is 12.4. The first-order valence-electron chi connectivity index (χ1n) is 6.27. The maximum Gasteiger partial charge on any atom is 0.125 e. The van der Waals surface area contributed by atoms with E-state index in [1.54, 1.807) is 6.07 Å². The lowest BCUT2D eigenvalue weighted by atomic mass is 9.93. The van der Waals surface area contributed by atoms with Crippen molar-refractivity contribution in [1.29, 1.82) is 0 Å². The zero-order valence-electron chi connectivity index (χ0n) is 10.7. The number of halogens is 1. The summed E-state index contributed by atoms with van der Waals surface area (Å²) in [6.07, 6.45) is 1.27. The summed E-state index contributed by atoms with van der Waals surface area (Å²) in [4.78, 5) is 2.46. The molecule has 1 saturated heterocycles. The number of likely N-dealkylation sites (tertiary alicyclic amines) is 1. The van der Waals surface area contributed by atoms with E-state index >= 15 is 0 Å². The molecular formula is C14H21FN2. The van der Waals surface area contributed by atoms with Crippen molar-refractivity contribution in [3.8, 4) is 0 Å². The molecule has 0 aromatic heterocycles. The Bertz CT molecular complexity index is 376. The Morgan fingerprint density at radius 3 is 2.88 bits per heavy atom. The molecule has 0 saturated carbocycles. The molecule has 0 unspecified atom stereocenters. The molecule has 0 aliphatic carbocycles. The Kier molecular flexibility index (Phi) is 3.67. The van der Waals surface area contributed by atoms with Crippen LogP contribution < -0.4 is 5.32 Å². The van der Waals surface area contributed by atoms with Crippen molar-refractivity contribution in [2.75, 3.05) is 31.5 Å². The molecule has 0 bridgehead atoms. The third kappa shape index (κ3) is 3.70. The fourth-order valence-corrected chi connectivity index (χ4v) is 2.37. The molecule has 3 heteroatoms. The van der Waals surface area contributed by atoms with Gasteiger partial charge in [-0.05, 0) is 36.6 Å². The van der Waals surface area contributed by atoms with E-state index in [0.29, 0.717) is 5.41 Å². The predicted octanol–water partition coefficient (Wildman–Crippen LogP) is 2.97. The predicted molar refractivity (Wildman–Crippen MR) is 69.7 cm³/mol. The molecule has 1 heterocycles. The number of nitrogens with zero attached hydrogens (tertiary/aromatic N) is 1. The second-order valence-corrected chi connectivity index (χ2v) is 5.63. The molecule has 1 fully saturated rings. The van der Waals surface area contributed by atoms with Crippen molar-refractivity contribution in [3.63, 3.8) is 0 Å². The van der Waals surface area contributed by atoms with E-state index in [1.807, 2.05) is 6.07 Å². The molecular weight excluding hydrogens is 215 g/mol. The smallest absolute Gasteiger partial charge is 0.125 e. The number of hydrogen-bond acceptors (Lipinski definition) is 2. The monoisotopic (exact) mass is 236 g/mol. The van der Waals surface area contributed by atoms with Gasteiger partial charge in [-0.3, -0.25) is 0 Å². The van der Waals surface area contributed by atoms with E-state index < -0.39 is 0 Å². The van der Waals surface area contributed by atoms with Gasteiger partial charge in [0.1, 0.15) is 5.82 Å². The summed E-state index contributed by atoms with van der Waals surface area (Å²) < 4.78 is 12.9. The average Bonchev–Trinajstić information content (AvgIpc) is 2.58. The van der Waals surface area contributed by atoms with Gasteiger partial charge in [-0.1, -0.05) is 19.9 Å². The van der Waals surface area contributed by atoms with Gasteiger partial charge in [-0.25, -0.2) is 4.39 Å². The SMILES string of the molecule is CC1(C)CCN(CCNc2cccc(F)c2)C1. The zero-order valence-corrected chi connectivity index (χ0v) is 10.7. The Morgan fingerprint density at radius 1 is 1.41 bits per heavy atom. The summed E-state index contributed by atoms with van der Waals surface area (Å²) in [7, 11) is 0. The molecule has 2 rings (SSSR count). The van der Waals surface area contributed by atoms with Crippen molar-refractivity contribution in [2.45, 2.75) is 20.3 Å². The van der Waals surface area contributed by atoms with Crippen LogP contribution in [0.1, 0.15) is 20.3 Å². The Morgan fingerprint density at radius 2 is 2.24 bits per heavy atom. The van der Waals surface area contributed by atoms with E-state index in [2.05, 4.69) is 24.1 Å². The Hall–Kier alpha value is -1.09. The highest BCUT2D eigenvalue weighted by Gasteiger charge is 2.28. The highest BCUT2D eigenvalue weighted by molar-refractivity contribution is 5.42. The van der Waals surface area contributed by atoms with Crippen LogP contribution in [0, 0.1) is 11.2 Å². The second kappa shape index (κ2) is 5.05. The molecule has 1 N–H and O–H groups in total. The van der Waals surface area contributed by atoms with Crippen LogP contribution in [0.25, 0.3) is 0 Å². The van der Waals surface area contributed by atoms with Gasteiger partial charge in [-0.15, -0.1) is 0 Å². The van der Waals surface area contributed by atoms with Gasteiger partial charge >= 0.3 is 0 Å². The quantitative estimate of drug-likeness (QED) is 0.864. The molecule has 0 atom stereocenters. The normalized spacial score (nSPS) is 19.5. The Balaban J connectivity index is 1.73. The van der Waals surface area contributed by atoms with Crippen molar-refractivity contribution in [3.05, 3.63) is 30.1 Å². The lowest BCUT2D eigenvalue weighted by Gasteiger charge is -2.19. The minimum absolute atomic E-state index is 0.183. The first-order chi connectivity index (χ1) is 8.05. The molecule has 2 nitrogen and oxygen atoms in total. The third-order valence-electron chi connectivity index (χ3n) is 3.34. The van der Waals surface area contributed by atoms with Crippen LogP contribution in [0.3, 0.4) is 0 Å². The average molecular weight is 236 g/mol. The summed E-state index contributed by atoms with van der Waals surface area (Å²) in [5.74, 6) is -0.183. The van der Waals surface area contributed by atoms with Gasteiger partial charge in [0.25, 0.3) is 0 Å². The van der Waals surface area contributed by atoms with E-state index in [-0.39, 0.29) is 5.82 Å². The molecule has 0 spiro atoms. The minimum atomic E-state index is -0.183. The summed E-state index contributed by atoms with van der Waals surface area (Å²) in [5.41, 5.74) is 1.32. The van der Waals surface area contributed by atoms with Gasteiger partial charge in [0.05, 0.1) is 0 Å². The zero-order chi connectivity index (χ0) is 12.3. The summed E-state index contributed by atoms with van der Waals surface area (Å²) >= 11 is 0. The number of nitrogens with one attached hydrogen (secondary N) is 1. The van der Waals surface area contributed by atoms with Crippen LogP contribution >= 0.6 is 0 Å². The molecule has 1 aliphatic rings. The van der Waals surface area contributed by atoms with Gasteiger partial charge in [-0.2, -0.15) is 0 Å². The van der Waals surface area contributed by atoms with Crippen LogP contribution in [0.5, 0.6) is 0 Å². The highest BCUT2D eigenvalue weighted by atomic mass is 19.1. The molecule has 1 aromatic carbocycles. The summed E-state index contributed by atoms with van der Waals surface area (Å²) in [6, 6.07) is 6.63. The van der Waals surface area contributed by atoms with Crippen LogP contribution in [0.15, 0.2) is 24.3 Å². The van der Waals surface area contributed by atoms with Crippen LogP contribution in [0.2, 0.25) is 0 Å². The molecule has 94 valence electrons. The molecule has 1 aliphatic heterocycles. The van der Waals surface area contributed by atoms with Crippen molar-refractivity contribution in [1.82, 2.24) is 4.90 Å². The largest absolute Gasteiger partial charge is 0.384 e. The number of benzene rings is 1. The fraction of sp³-hybridized carbons (Fsp3) is 0.571. The fourth-order valence-electron chi connectivity index (χ4n) is 2.37. The summed E-state index contributed by atoms with van der Waals surface area (Å²) in [6.45, 7) is 8.87. The Labute approximate surface area is 103 Å². The molecule has 17 heavy (non-hydrogen) atoms. The van der Waals surface area contributed by atoms with E-state index in [1.165, 1.54) is 25.1 Å². The third-order valence-corrected chi connectivity index (χ3v) is 3.34. The van der Waals surface area contributed by atoms with Crippen molar-refractivity contribution in [2.24, 2.45) is 5.41 Å². The maximum absolute atomic E-state index is 12.9. The summed E-state index contributed by atoms with van der Waals surface area (Å²) in [5, 5.41) is 3.26. The van der Waals surface area contributed by atoms with E-state index in [0.717, 1.165) is 25.3 Å². The van der Waals surface area contributed by atoms with Crippen molar-refractivity contribution < 1.29 is 4.39 Å². The number of rotatable bonds is 4. The number of anilines is 1. The molecule has 0 amide bonds. The topological polar surface area (TPSA) is 15.3 Å². The van der Waals surface area contributed by atoms with Crippen LogP contribution in [0.4, 0.5) is 10.1 Å². The van der Waals surface area contributed by atoms with E-state index in [4.69, 9.17) is 0 Å². The van der Waals surface area contributed by atoms with Crippen molar-refractivity contribution >= 4 is 5.69 Å². The van der Waals surface area contributed by atoms with Crippen LogP contribution in [-0.4, -0.2) is 31.1 Å². The maximum atomic E-state index is 12.9. The van der Waals surface area contributed by atoms with E-state index in [9.17, 15) is 4.39 Å². The molecule has 1 aromatic rings. The van der Waals surface area contributed by atoms with Gasteiger partial charge in [0, 0.05) is 25.3 Å². The number of hydrogen-bond donors (Lipinski definition) is 1.